The number of hydrogen-bond acceptors (Lipinski definition) is 3. The maximum atomic E-state index is 12.0. The van der Waals surface area contributed by atoms with Gasteiger partial charge in [-0.2, -0.15) is 0 Å². The van der Waals surface area contributed by atoms with E-state index in [4.69, 9.17) is 4.74 Å². The number of hydrogen-bond donors (Lipinski definition) is 0. The minimum absolute atomic E-state index is 0.110. The average molecular weight is 267 g/mol. The van der Waals surface area contributed by atoms with Crippen LogP contribution >= 0.6 is 0 Å². The summed E-state index contributed by atoms with van der Waals surface area (Å²) in [5.74, 6) is 0.565. The van der Waals surface area contributed by atoms with Crippen LogP contribution in [0.2, 0.25) is 0 Å². The lowest BCUT2D eigenvalue weighted by Crippen LogP contribution is -2.45. The normalized spacial score (nSPS) is 26.5. The molecule has 2 fully saturated rings. The van der Waals surface area contributed by atoms with Gasteiger partial charge in [0, 0.05) is 12.5 Å². The number of methoxy groups -OCH3 is 1. The molecule has 4 heteroatoms. The third kappa shape index (κ3) is 3.28. The van der Waals surface area contributed by atoms with E-state index in [1.54, 1.807) is 4.90 Å². The zero-order valence-electron chi connectivity index (χ0n) is 12.1. The Balaban J connectivity index is 1.96. The fourth-order valence-corrected chi connectivity index (χ4v) is 3.64. The monoisotopic (exact) mass is 267 g/mol. The van der Waals surface area contributed by atoms with Crippen molar-refractivity contribution in [3.8, 4) is 0 Å². The molecule has 1 saturated carbocycles. The fraction of sp³-hybridized carbons (Fsp3) is 0.867. The average Bonchev–Trinajstić information content (AvgIpc) is 2.81. The minimum atomic E-state index is -0.351. The van der Waals surface area contributed by atoms with Crippen molar-refractivity contribution in [2.45, 2.75) is 70.4 Å². The van der Waals surface area contributed by atoms with Crippen LogP contribution in [0.3, 0.4) is 0 Å². The van der Waals surface area contributed by atoms with Crippen molar-refractivity contribution in [3.05, 3.63) is 0 Å². The van der Waals surface area contributed by atoms with Crippen LogP contribution in [-0.2, 0) is 14.3 Å². The second kappa shape index (κ2) is 6.40. The summed E-state index contributed by atoms with van der Waals surface area (Å²) in [5.41, 5.74) is 0. The van der Waals surface area contributed by atoms with Crippen LogP contribution in [0.25, 0.3) is 0 Å². The zero-order chi connectivity index (χ0) is 13.8. The Morgan fingerprint density at radius 3 is 2.63 bits per heavy atom. The van der Waals surface area contributed by atoms with Crippen LogP contribution in [0, 0.1) is 5.92 Å². The van der Waals surface area contributed by atoms with Gasteiger partial charge in [0.25, 0.3) is 0 Å². The highest BCUT2D eigenvalue weighted by atomic mass is 16.5. The molecule has 1 heterocycles. The highest BCUT2D eigenvalue weighted by Gasteiger charge is 2.39. The van der Waals surface area contributed by atoms with Crippen molar-refractivity contribution >= 4 is 11.9 Å². The summed E-state index contributed by atoms with van der Waals surface area (Å²) in [4.78, 5) is 25.5. The van der Waals surface area contributed by atoms with Gasteiger partial charge >= 0.3 is 5.97 Å². The Morgan fingerprint density at radius 1 is 1.32 bits per heavy atom. The first-order valence-corrected chi connectivity index (χ1v) is 7.52. The van der Waals surface area contributed by atoms with Crippen LogP contribution in [0.1, 0.15) is 58.3 Å². The zero-order valence-corrected chi connectivity index (χ0v) is 12.1. The lowest BCUT2D eigenvalue weighted by Gasteiger charge is -2.33. The van der Waals surface area contributed by atoms with E-state index in [-0.39, 0.29) is 24.0 Å². The molecule has 1 aliphatic carbocycles. The molecule has 2 atom stereocenters. The van der Waals surface area contributed by atoms with Crippen LogP contribution in [0.5, 0.6) is 0 Å². The van der Waals surface area contributed by atoms with Gasteiger partial charge in [0.1, 0.15) is 6.04 Å². The van der Waals surface area contributed by atoms with E-state index in [0.717, 1.165) is 12.3 Å². The number of carbonyl (C=O) groups excluding carboxylic acids is 2. The van der Waals surface area contributed by atoms with Gasteiger partial charge in [0.2, 0.25) is 5.91 Å². The lowest BCUT2D eigenvalue weighted by molar-refractivity contribution is -0.150. The molecule has 0 N–H and O–H groups in total. The Bertz CT molecular complexity index is 336. The van der Waals surface area contributed by atoms with Crippen molar-refractivity contribution < 1.29 is 14.3 Å². The SMILES string of the molecule is COC(=O)C1CCC(=O)N1C(C)CC1CCCCC1. The van der Waals surface area contributed by atoms with E-state index in [1.165, 1.54) is 39.2 Å². The van der Waals surface area contributed by atoms with Crippen LogP contribution < -0.4 is 0 Å². The van der Waals surface area contributed by atoms with Crippen molar-refractivity contribution in [1.82, 2.24) is 4.90 Å². The summed E-state index contributed by atoms with van der Waals surface area (Å²) < 4.78 is 4.82. The second-order valence-electron chi connectivity index (χ2n) is 5.97. The molecule has 0 spiro atoms. The number of nitrogens with zero attached hydrogens (tertiary/aromatic N) is 1. The van der Waals surface area contributed by atoms with Gasteiger partial charge < -0.3 is 9.64 Å². The smallest absolute Gasteiger partial charge is 0.328 e. The third-order valence-corrected chi connectivity index (χ3v) is 4.60. The van der Waals surface area contributed by atoms with Gasteiger partial charge in [-0.05, 0) is 25.7 Å². The molecule has 1 aliphatic heterocycles. The second-order valence-corrected chi connectivity index (χ2v) is 5.97. The number of amides is 1. The largest absolute Gasteiger partial charge is 0.467 e. The Labute approximate surface area is 115 Å². The summed E-state index contributed by atoms with van der Waals surface area (Å²) in [6, 6.07) is -0.196. The van der Waals surface area contributed by atoms with E-state index >= 15 is 0 Å². The summed E-state index contributed by atoms with van der Waals surface area (Å²) in [5, 5.41) is 0. The first-order chi connectivity index (χ1) is 9.13. The molecule has 2 rings (SSSR count). The van der Waals surface area contributed by atoms with E-state index in [1.807, 2.05) is 0 Å². The van der Waals surface area contributed by atoms with Gasteiger partial charge in [-0.25, -0.2) is 4.79 Å². The molecule has 4 nitrogen and oxygen atoms in total. The first-order valence-electron chi connectivity index (χ1n) is 7.52. The summed E-state index contributed by atoms with van der Waals surface area (Å²) in [6.45, 7) is 2.08. The Kier molecular flexibility index (Phi) is 4.83. The molecule has 108 valence electrons. The molecule has 0 aromatic rings. The predicted octanol–water partition coefficient (Wildman–Crippen LogP) is 2.51. The minimum Gasteiger partial charge on any atom is -0.467 e. The summed E-state index contributed by atoms with van der Waals surface area (Å²) in [7, 11) is 1.40. The summed E-state index contributed by atoms with van der Waals surface area (Å²) in [6.07, 6.45) is 8.63. The first kappa shape index (κ1) is 14.4. The van der Waals surface area contributed by atoms with Crippen LogP contribution in [0.4, 0.5) is 0 Å². The Morgan fingerprint density at radius 2 is 2.00 bits per heavy atom. The van der Waals surface area contributed by atoms with Gasteiger partial charge in [-0.15, -0.1) is 0 Å². The number of ether oxygens (including phenoxy) is 1. The molecule has 2 unspecified atom stereocenters. The molecular formula is C15H25NO3. The fourth-order valence-electron chi connectivity index (χ4n) is 3.64. The molecule has 0 aromatic carbocycles. The van der Waals surface area contributed by atoms with Crippen molar-refractivity contribution in [2.75, 3.05) is 7.11 Å². The van der Waals surface area contributed by atoms with E-state index < -0.39 is 0 Å². The van der Waals surface area contributed by atoms with Gasteiger partial charge in [0.15, 0.2) is 0 Å². The van der Waals surface area contributed by atoms with Crippen molar-refractivity contribution in [1.29, 1.82) is 0 Å². The lowest BCUT2D eigenvalue weighted by atomic mass is 9.85. The maximum absolute atomic E-state index is 12.0. The van der Waals surface area contributed by atoms with Crippen molar-refractivity contribution in [3.63, 3.8) is 0 Å². The van der Waals surface area contributed by atoms with E-state index in [0.29, 0.717) is 12.8 Å². The molecule has 0 radical (unpaired) electrons. The number of rotatable bonds is 4. The van der Waals surface area contributed by atoms with Gasteiger partial charge in [-0.3, -0.25) is 4.79 Å². The number of likely N-dealkylation sites (tertiary alicyclic amines) is 1. The molecule has 1 saturated heterocycles. The highest BCUT2D eigenvalue weighted by Crippen LogP contribution is 2.31. The maximum Gasteiger partial charge on any atom is 0.328 e. The number of esters is 1. The third-order valence-electron chi connectivity index (χ3n) is 4.60. The molecule has 0 aromatic heterocycles. The van der Waals surface area contributed by atoms with E-state index in [9.17, 15) is 9.59 Å². The predicted molar refractivity (Wildman–Crippen MR) is 72.5 cm³/mol. The molecule has 2 aliphatic rings. The highest BCUT2D eigenvalue weighted by molar-refractivity contribution is 5.88. The molecule has 0 bridgehead atoms. The van der Waals surface area contributed by atoms with Crippen LogP contribution in [-0.4, -0.2) is 36.0 Å². The summed E-state index contributed by atoms with van der Waals surface area (Å²) >= 11 is 0. The molecule has 1 amide bonds. The molecular weight excluding hydrogens is 242 g/mol. The van der Waals surface area contributed by atoms with Gasteiger partial charge in [0.05, 0.1) is 7.11 Å². The quantitative estimate of drug-likeness (QED) is 0.735. The van der Waals surface area contributed by atoms with Crippen LogP contribution in [0.15, 0.2) is 0 Å². The topological polar surface area (TPSA) is 46.6 Å². The standard InChI is InChI=1S/C15H25NO3/c1-11(10-12-6-4-3-5-7-12)16-13(15(18)19-2)8-9-14(16)17/h11-13H,3-10H2,1-2H3. The molecule has 19 heavy (non-hydrogen) atoms. The number of carbonyl (C=O) groups is 2. The van der Waals surface area contributed by atoms with Crippen molar-refractivity contribution in [2.24, 2.45) is 5.92 Å². The van der Waals surface area contributed by atoms with Gasteiger partial charge in [-0.1, -0.05) is 32.1 Å². The van der Waals surface area contributed by atoms with E-state index in [2.05, 4.69) is 6.92 Å². The Hall–Kier alpha value is -1.06.